The van der Waals surface area contributed by atoms with Gasteiger partial charge in [0, 0.05) is 39.3 Å². The van der Waals surface area contributed by atoms with Crippen LogP contribution in [0.5, 0.6) is 0 Å². The molecular weight excluding hydrogens is 216 g/mol. The Kier molecular flexibility index (Phi) is 4.79. The van der Waals surface area contributed by atoms with Crippen molar-refractivity contribution in [2.45, 2.75) is 37.8 Å². The first kappa shape index (κ1) is 13.3. The average molecular weight is 242 g/mol. The van der Waals surface area contributed by atoms with Gasteiger partial charge in [0.1, 0.15) is 5.60 Å². The molecule has 0 aromatic heterocycles. The Morgan fingerprint density at radius 2 is 2.41 bits per heavy atom. The molecular formula is C13H26N2O2. The van der Waals surface area contributed by atoms with Crippen LogP contribution in [0.4, 0.5) is 0 Å². The molecule has 4 nitrogen and oxygen atoms in total. The fourth-order valence-electron chi connectivity index (χ4n) is 2.84. The third-order valence-electron chi connectivity index (χ3n) is 4.07. The van der Waals surface area contributed by atoms with E-state index in [1.807, 2.05) is 7.11 Å². The zero-order chi connectivity index (χ0) is 12.1. The van der Waals surface area contributed by atoms with Crippen LogP contribution in [-0.2, 0) is 9.47 Å². The predicted octanol–water partition coefficient (Wildman–Crippen LogP) is 0.866. The summed E-state index contributed by atoms with van der Waals surface area (Å²) >= 11 is 0. The monoisotopic (exact) mass is 242 g/mol. The summed E-state index contributed by atoms with van der Waals surface area (Å²) in [6, 6.07) is 0.633. The van der Waals surface area contributed by atoms with E-state index in [1.54, 1.807) is 0 Å². The Balaban J connectivity index is 1.91. The third-order valence-corrected chi connectivity index (χ3v) is 4.07. The normalized spacial score (nSPS) is 36.0. The topological polar surface area (TPSA) is 33.7 Å². The number of nitrogens with zero attached hydrogens (tertiary/aromatic N) is 1. The first-order valence-electron chi connectivity index (χ1n) is 6.86. The molecule has 4 heteroatoms. The minimum Gasteiger partial charge on any atom is -0.378 e. The minimum atomic E-state index is -0.0529. The Hall–Kier alpha value is -0.160. The van der Waals surface area contributed by atoms with Gasteiger partial charge in [0.25, 0.3) is 0 Å². The highest BCUT2D eigenvalue weighted by atomic mass is 16.5. The molecule has 2 saturated heterocycles. The van der Waals surface area contributed by atoms with E-state index >= 15 is 0 Å². The molecule has 0 saturated carbocycles. The van der Waals surface area contributed by atoms with Gasteiger partial charge in [-0.2, -0.15) is 0 Å². The number of ether oxygens (including phenoxy) is 2. The lowest BCUT2D eigenvalue weighted by atomic mass is 10.0. The lowest BCUT2D eigenvalue weighted by Gasteiger charge is -2.33. The summed E-state index contributed by atoms with van der Waals surface area (Å²) in [6.45, 7) is 8.33. The average Bonchev–Trinajstić information content (AvgIpc) is 2.69. The predicted molar refractivity (Wildman–Crippen MR) is 68.3 cm³/mol. The fourth-order valence-corrected chi connectivity index (χ4v) is 2.84. The van der Waals surface area contributed by atoms with Gasteiger partial charge in [-0.25, -0.2) is 0 Å². The van der Waals surface area contributed by atoms with Crippen molar-refractivity contribution >= 4 is 0 Å². The van der Waals surface area contributed by atoms with E-state index in [0.717, 1.165) is 39.3 Å². The Bertz CT molecular complexity index is 229. The summed E-state index contributed by atoms with van der Waals surface area (Å²) in [6.07, 6.45) is 3.47. The maximum absolute atomic E-state index is 5.72. The molecule has 0 aromatic rings. The van der Waals surface area contributed by atoms with Crippen LogP contribution in [0.1, 0.15) is 26.2 Å². The van der Waals surface area contributed by atoms with Crippen LogP contribution in [0.15, 0.2) is 0 Å². The number of hydrogen-bond donors (Lipinski definition) is 1. The summed E-state index contributed by atoms with van der Waals surface area (Å²) in [5, 5.41) is 3.60. The van der Waals surface area contributed by atoms with Gasteiger partial charge in [-0.1, -0.05) is 6.92 Å². The SMILES string of the molecule is CCC1CN(CC2(OC)CCOC2)CCCN1. The highest BCUT2D eigenvalue weighted by molar-refractivity contribution is 4.89. The second kappa shape index (κ2) is 6.14. The van der Waals surface area contributed by atoms with E-state index in [4.69, 9.17) is 9.47 Å². The fraction of sp³-hybridized carbons (Fsp3) is 1.00. The second-order valence-electron chi connectivity index (χ2n) is 5.34. The Morgan fingerprint density at radius 1 is 1.53 bits per heavy atom. The van der Waals surface area contributed by atoms with Gasteiger partial charge in [0.15, 0.2) is 0 Å². The van der Waals surface area contributed by atoms with E-state index in [2.05, 4.69) is 17.1 Å². The largest absolute Gasteiger partial charge is 0.378 e. The summed E-state index contributed by atoms with van der Waals surface area (Å²) in [7, 11) is 1.82. The zero-order valence-electron chi connectivity index (χ0n) is 11.2. The molecule has 0 amide bonds. The first-order chi connectivity index (χ1) is 8.28. The molecule has 100 valence electrons. The van der Waals surface area contributed by atoms with Crippen LogP contribution in [0.2, 0.25) is 0 Å². The lowest BCUT2D eigenvalue weighted by Crippen LogP contribution is -2.48. The molecule has 17 heavy (non-hydrogen) atoms. The van der Waals surface area contributed by atoms with Crippen molar-refractivity contribution in [2.75, 3.05) is 46.5 Å². The van der Waals surface area contributed by atoms with Crippen molar-refractivity contribution in [1.29, 1.82) is 0 Å². The molecule has 0 bridgehead atoms. The molecule has 0 aromatic carbocycles. The summed E-state index contributed by atoms with van der Waals surface area (Å²) in [4.78, 5) is 2.55. The van der Waals surface area contributed by atoms with Crippen molar-refractivity contribution in [2.24, 2.45) is 0 Å². The van der Waals surface area contributed by atoms with Gasteiger partial charge in [0.05, 0.1) is 6.61 Å². The molecule has 0 aliphatic carbocycles. The number of hydrogen-bond acceptors (Lipinski definition) is 4. The smallest absolute Gasteiger partial charge is 0.106 e. The van der Waals surface area contributed by atoms with E-state index in [9.17, 15) is 0 Å². The van der Waals surface area contributed by atoms with E-state index in [0.29, 0.717) is 6.04 Å². The second-order valence-corrected chi connectivity index (χ2v) is 5.34. The van der Waals surface area contributed by atoms with E-state index in [-0.39, 0.29) is 5.60 Å². The van der Waals surface area contributed by atoms with Crippen molar-refractivity contribution in [3.63, 3.8) is 0 Å². The number of rotatable bonds is 4. The Morgan fingerprint density at radius 3 is 3.06 bits per heavy atom. The van der Waals surface area contributed by atoms with E-state index < -0.39 is 0 Å². The first-order valence-corrected chi connectivity index (χ1v) is 6.86. The van der Waals surface area contributed by atoms with Crippen LogP contribution < -0.4 is 5.32 Å². The molecule has 2 atom stereocenters. The summed E-state index contributed by atoms with van der Waals surface area (Å²) in [5.41, 5.74) is -0.0529. The molecule has 2 rings (SSSR count). The van der Waals surface area contributed by atoms with Crippen LogP contribution >= 0.6 is 0 Å². The zero-order valence-corrected chi connectivity index (χ0v) is 11.2. The summed E-state index contributed by atoms with van der Waals surface area (Å²) < 4.78 is 11.2. The van der Waals surface area contributed by atoms with Gasteiger partial charge in [-0.3, -0.25) is 4.90 Å². The molecule has 1 N–H and O–H groups in total. The van der Waals surface area contributed by atoms with Gasteiger partial charge in [-0.15, -0.1) is 0 Å². The lowest BCUT2D eigenvalue weighted by molar-refractivity contribution is -0.0410. The van der Waals surface area contributed by atoms with Crippen LogP contribution in [0.25, 0.3) is 0 Å². The number of methoxy groups -OCH3 is 1. The highest BCUT2D eigenvalue weighted by Crippen LogP contribution is 2.24. The maximum Gasteiger partial charge on any atom is 0.106 e. The molecule has 2 fully saturated rings. The summed E-state index contributed by atoms with van der Waals surface area (Å²) in [5.74, 6) is 0. The molecule has 2 aliphatic rings. The quantitative estimate of drug-likeness (QED) is 0.793. The number of nitrogens with one attached hydrogen (secondary N) is 1. The maximum atomic E-state index is 5.72. The van der Waals surface area contributed by atoms with Crippen LogP contribution in [0, 0.1) is 0 Å². The molecule has 2 unspecified atom stereocenters. The van der Waals surface area contributed by atoms with Crippen molar-refractivity contribution in [3.8, 4) is 0 Å². The molecule has 2 aliphatic heterocycles. The molecule has 0 spiro atoms. The highest BCUT2D eigenvalue weighted by Gasteiger charge is 2.37. The third kappa shape index (κ3) is 3.41. The van der Waals surface area contributed by atoms with Gasteiger partial charge < -0.3 is 14.8 Å². The van der Waals surface area contributed by atoms with Gasteiger partial charge >= 0.3 is 0 Å². The van der Waals surface area contributed by atoms with Crippen molar-refractivity contribution in [3.05, 3.63) is 0 Å². The molecule has 2 heterocycles. The van der Waals surface area contributed by atoms with Gasteiger partial charge in [-0.05, 0) is 25.9 Å². The molecule has 0 radical (unpaired) electrons. The van der Waals surface area contributed by atoms with Crippen LogP contribution in [0.3, 0.4) is 0 Å². The minimum absolute atomic E-state index is 0.0529. The standard InChI is InChI=1S/C13H26N2O2/c1-3-12-9-15(7-4-6-14-12)10-13(16-2)5-8-17-11-13/h12,14H,3-11H2,1-2H3. The van der Waals surface area contributed by atoms with Crippen LogP contribution in [-0.4, -0.2) is 63.0 Å². The van der Waals surface area contributed by atoms with E-state index in [1.165, 1.54) is 19.4 Å². The van der Waals surface area contributed by atoms with Gasteiger partial charge in [0.2, 0.25) is 0 Å². The van der Waals surface area contributed by atoms with Crippen molar-refractivity contribution < 1.29 is 9.47 Å². The Labute approximate surface area is 105 Å². The van der Waals surface area contributed by atoms with Crippen molar-refractivity contribution in [1.82, 2.24) is 10.2 Å².